The van der Waals surface area contributed by atoms with Crippen molar-refractivity contribution in [3.8, 4) is 0 Å². The van der Waals surface area contributed by atoms with E-state index >= 15 is 0 Å². The third-order valence-corrected chi connectivity index (χ3v) is 3.44. The van der Waals surface area contributed by atoms with Crippen molar-refractivity contribution in [3.63, 3.8) is 0 Å². The maximum atomic E-state index is 4.28. The van der Waals surface area contributed by atoms with Crippen molar-refractivity contribution in [3.05, 3.63) is 72.3 Å². The van der Waals surface area contributed by atoms with E-state index in [1.54, 1.807) is 18.6 Å². The fourth-order valence-corrected chi connectivity index (χ4v) is 2.30. The number of aryl methyl sites for hydroxylation is 2. The number of nitrogens with zero attached hydrogens (tertiary/aromatic N) is 4. The normalized spacial score (nSPS) is 10.3. The SMILES string of the molecule is Cc1cccc2cccnc12.Cc1cncc2ccnnc12. The van der Waals surface area contributed by atoms with Gasteiger partial charge in [-0.05, 0) is 37.1 Å². The Morgan fingerprint density at radius 2 is 1.59 bits per heavy atom. The number of rotatable bonds is 0. The van der Waals surface area contributed by atoms with Gasteiger partial charge in [0.25, 0.3) is 0 Å². The van der Waals surface area contributed by atoms with E-state index in [4.69, 9.17) is 0 Å². The lowest BCUT2D eigenvalue weighted by molar-refractivity contribution is 1.06. The van der Waals surface area contributed by atoms with Gasteiger partial charge in [0.05, 0.1) is 17.2 Å². The Labute approximate surface area is 128 Å². The monoisotopic (exact) mass is 288 g/mol. The number of benzene rings is 1. The second-order valence-electron chi connectivity index (χ2n) is 5.08. The molecule has 0 aliphatic heterocycles. The van der Waals surface area contributed by atoms with Gasteiger partial charge in [0.1, 0.15) is 0 Å². The van der Waals surface area contributed by atoms with Crippen molar-refractivity contribution in [2.24, 2.45) is 0 Å². The largest absolute Gasteiger partial charge is 0.264 e. The van der Waals surface area contributed by atoms with Crippen LogP contribution in [0.4, 0.5) is 0 Å². The molecule has 4 nitrogen and oxygen atoms in total. The van der Waals surface area contributed by atoms with Crippen LogP contribution in [0.25, 0.3) is 21.8 Å². The highest BCUT2D eigenvalue weighted by atomic mass is 15.1. The molecule has 0 spiro atoms. The van der Waals surface area contributed by atoms with E-state index in [-0.39, 0.29) is 0 Å². The molecule has 0 saturated carbocycles. The van der Waals surface area contributed by atoms with Crippen molar-refractivity contribution in [2.45, 2.75) is 13.8 Å². The zero-order valence-corrected chi connectivity index (χ0v) is 12.6. The minimum absolute atomic E-state index is 0.933. The van der Waals surface area contributed by atoms with Crippen molar-refractivity contribution < 1.29 is 0 Å². The number of para-hydroxylation sites is 1. The van der Waals surface area contributed by atoms with Crippen LogP contribution in [-0.2, 0) is 0 Å². The van der Waals surface area contributed by atoms with E-state index in [9.17, 15) is 0 Å². The first-order chi connectivity index (χ1) is 10.8. The second kappa shape index (κ2) is 6.26. The Morgan fingerprint density at radius 1 is 0.727 bits per heavy atom. The van der Waals surface area contributed by atoms with Gasteiger partial charge < -0.3 is 0 Å². The average molecular weight is 288 g/mol. The second-order valence-corrected chi connectivity index (χ2v) is 5.08. The Hall–Kier alpha value is -2.88. The molecule has 0 radical (unpaired) electrons. The summed E-state index contributed by atoms with van der Waals surface area (Å²) in [5.41, 5.74) is 4.34. The fourth-order valence-electron chi connectivity index (χ4n) is 2.30. The molecule has 22 heavy (non-hydrogen) atoms. The van der Waals surface area contributed by atoms with Gasteiger partial charge >= 0.3 is 0 Å². The van der Waals surface area contributed by atoms with Crippen LogP contribution >= 0.6 is 0 Å². The summed E-state index contributed by atoms with van der Waals surface area (Å²) < 4.78 is 0. The zero-order chi connectivity index (χ0) is 15.4. The number of hydrogen-bond donors (Lipinski definition) is 0. The van der Waals surface area contributed by atoms with Crippen LogP contribution < -0.4 is 0 Å². The molecule has 4 rings (SSSR count). The minimum Gasteiger partial charge on any atom is -0.264 e. The van der Waals surface area contributed by atoms with Gasteiger partial charge in [-0.1, -0.05) is 24.3 Å². The molecular formula is C18H16N4. The number of hydrogen-bond acceptors (Lipinski definition) is 4. The first kappa shape index (κ1) is 14.1. The summed E-state index contributed by atoms with van der Waals surface area (Å²) in [4.78, 5) is 8.33. The van der Waals surface area contributed by atoms with Crippen LogP contribution in [0.2, 0.25) is 0 Å². The third kappa shape index (κ3) is 2.91. The van der Waals surface area contributed by atoms with Crippen molar-refractivity contribution >= 4 is 21.8 Å². The molecule has 0 amide bonds. The van der Waals surface area contributed by atoms with Gasteiger partial charge in [-0.25, -0.2) is 0 Å². The van der Waals surface area contributed by atoms with Gasteiger partial charge in [-0.2, -0.15) is 10.2 Å². The average Bonchev–Trinajstić information content (AvgIpc) is 2.57. The summed E-state index contributed by atoms with van der Waals surface area (Å²) >= 11 is 0. The van der Waals surface area contributed by atoms with E-state index in [2.05, 4.69) is 51.4 Å². The number of pyridine rings is 2. The van der Waals surface area contributed by atoms with Crippen LogP contribution in [0.5, 0.6) is 0 Å². The molecule has 0 N–H and O–H groups in total. The molecule has 0 saturated heterocycles. The molecule has 1 aromatic carbocycles. The van der Waals surface area contributed by atoms with Crippen molar-refractivity contribution in [1.82, 2.24) is 20.2 Å². The Bertz CT molecular complexity index is 831. The standard InChI is InChI=1S/C10H9N.C8H7N3/c1-8-4-2-5-9-6-3-7-11-10(8)9;1-6-4-9-5-7-2-3-10-11-8(6)7/h2-7H,1H3;2-5H,1H3. The van der Waals surface area contributed by atoms with Gasteiger partial charge in [0.15, 0.2) is 0 Å². The van der Waals surface area contributed by atoms with Crippen LogP contribution in [-0.4, -0.2) is 20.2 Å². The molecule has 0 aliphatic carbocycles. The highest BCUT2D eigenvalue weighted by Gasteiger charge is 1.96. The van der Waals surface area contributed by atoms with Crippen LogP contribution in [0, 0.1) is 13.8 Å². The lowest BCUT2D eigenvalue weighted by Crippen LogP contribution is -1.86. The molecule has 3 heterocycles. The third-order valence-electron chi connectivity index (χ3n) is 3.44. The molecule has 0 aliphatic rings. The van der Waals surface area contributed by atoms with Crippen LogP contribution in [0.1, 0.15) is 11.1 Å². The Balaban J connectivity index is 0.000000131. The fraction of sp³-hybridized carbons (Fsp3) is 0.111. The first-order valence-electron chi connectivity index (χ1n) is 7.08. The molecule has 108 valence electrons. The Kier molecular flexibility index (Phi) is 4.01. The lowest BCUT2D eigenvalue weighted by Gasteiger charge is -1.97. The van der Waals surface area contributed by atoms with E-state index in [0.29, 0.717) is 0 Å². The topological polar surface area (TPSA) is 51.6 Å². The predicted octanol–water partition coefficient (Wildman–Crippen LogP) is 3.88. The highest BCUT2D eigenvalue weighted by Crippen LogP contribution is 2.13. The summed E-state index contributed by atoms with van der Waals surface area (Å²) in [7, 11) is 0. The molecule has 0 atom stereocenters. The van der Waals surface area contributed by atoms with E-state index in [1.807, 2.05) is 25.3 Å². The predicted molar refractivity (Wildman–Crippen MR) is 88.6 cm³/mol. The molecule has 0 fully saturated rings. The molecule has 0 bridgehead atoms. The summed E-state index contributed by atoms with van der Waals surface area (Å²) in [6.45, 7) is 4.05. The highest BCUT2D eigenvalue weighted by molar-refractivity contribution is 5.81. The summed E-state index contributed by atoms with van der Waals surface area (Å²) in [5, 5.41) is 10.0. The Morgan fingerprint density at radius 3 is 2.41 bits per heavy atom. The summed E-state index contributed by atoms with van der Waals surface area (Å²) in [6.07, 6.45) is 7.08. The molecular weight excluding hydrogens is 272 g/mol. The van der Waals surface area contributed by atoms with Crippen molar-refractivity contribution in [2.75, 3.05) is 0 Å². The molecule has 4 heteroatoms. The maximum Gasteiger partial charge on any atom is 0.0989 e. The lowest BCUT2D eigenvalue weighted by atomic mass is 10.1. The van der Waals surface area contributed by atoms with Crippen molar-refractivity contribution in [1.29, 1.82) is 0 Å². The van der Waals surface area contributed by atoms with E-state index < -0.39 is 0 Å². The summed E-state index contributed by atoms with van der Waals surface area (Å²) in [6, 6.07) is 12.2. The van der Waals surface area contributed by atoms with Crippen LogP contribution in [0.15, 0.2) is 61.2 Å². The maximum absolute atomic E-state index is 4.28. The number of aromatic nitrogens is 4. The van der Waals surface area contributed by atoms with Crippen LogP contribution in [0.3, 0.4) is 0 Å². The summed E-state index contributed by atoms with van der Waals surface area (Å²) in [5.74, 6) is 0. The number of fused-ring (bicyclic) bond motifs is 2. The minimum atomic E-state index is 0.933. The van der Waals surface area contributed by atoms with E-state index in [1.165, 1.54) is 10.9 Å². The zero-order valence-electron chi connectivity index (χ0n) is 12.6. The first-order valence-corrected chi connectivity index (χ1v) is 7.08. The van der Waals surface area contributed by atoms with E-state index in [0.717, 1.165) is 22.0 Å². The smallest absolute Gasteiger partial charge is 0.0989 e. The van der Waals surface area contributed by atoms with Gasteiger partial charge in [0, 0.05) is 29.4 Å². The molecule has 0 unspecified atom stereocenters. The quantitative estimate of drug-likeness (QED) is 0.493. The van der Waals surface area contributed by atoms with Gasteiger partial charge in [-0.15, -0.1) is 0 Å². The van der Waals surface area contributed by atoms with Gasteiger partial charge in [-0.3, -0.25) is 9.97 Å². The molecule has 4 aromatic rings. The van der Waals surface area contributed by atoms with Gasteiger partial charge in [0.2, 0.25) is 0 Å². The molecule has 3 aromatic heterocycles.